The molecular weight excluding hydrogens is 161 g/mol. The van der Waals surface area contributed by atoms with Crippen molar-refractivity contribution in [3.05, 3.63) is 29.0 Å². The number of hydrogen-bond acceptors (Lipinski definition) is 2. The topological polar surface area (TPSA) is 12.9 Å². The Hall–Kier alpha value is -0.960. The van der Waals surface area contributed by atoms with E-state index in [0.717, 1.165) is 15.2 Å². The Morgan fingerprint density at radius 3 is 3.09 bits per heavy atom. The third-order valence-corrected chi connectivity index (χ3v) is 2.41. The quantitative estimate of drug-likeness (QED) is 0.588. The summed E-state index contributed by atoms with van der Waals surface area (Å²) in [5.74, 6) is -0.220. The van der Waals surface area contributed by atoms with Crippen molar-refractivity contribution in [3.8, 4) is 0 Å². The molecule has 0 aliphatic heterocycles. The van der Waals surface area contributed by atoms with Crippen molar-refractivity contribution in [2.45, 2.75) is 6.92 Å². The second-order valence-corrected chi connectivity index (χ2v) is 3.58. The van der Waals surface area contributed by atoms with Gasteiger partial charge in [0, 0.05) is 6.07 Å². The van der Waals surface area contributed by atoms with E-state index >= 15 is 0 Å². The van der Waals surface area contributed by atoms with Gasteiger partial charge < -0.3 is 0 Å². The van der Waals surface area contributed by atoms with E-state index in [0.29, 0.717) is 0 Å². The number of aryl methyl sites for hydroxylation is 1. The summed E-state index contributed by atoms with van der Waals surface area (Å²) in [6.07, 6.45) is 0. The van der Waals surface area contributed by atoms with Crippen LogP contribution in [-0.4, -0.2) is 4.98 Å². The van der Waals surface area contributed by atoms with E-state index in [9.17, 15) is 4.39 Å². The summed E-state index contributed by atoms with van der Waals surface area (Å²) >= 11 is 1.58. The summed E-state index contributed by atoms with van der Waals surface area (Å²) < 4.78 is 13.7. The second kappa shape index (κ2) is 2.27. The summed E-state index contributed by atoms with van der Waals surface area (Å²) in [5.41, 5.74) is 0.757. The van der Waals surface area contributed by atoms with E-state index < -0.39 is 0 Å². The number of fused-ring (bicyclic) bond motifs is 1. The molecule has 3 heteroatoms. The van der Waals surface area contributed by atoms with Gasteiger partial charge in [-0.15, -0.1) is 11.3 Å². The van der Waals surface area contributed by atoms with Gasteiger partial charge in [-0.25, -0.2) is 9.37 Å². The lowest BCUT2D eigenvalue weighted by molar-refractivity contribution is 0.629. The van der Waals surface area contributed by atoms with Gasteiger partial charge >= 0.3 is 0 Å². The van der Waals surface area contributed by atoms with Crippen molar-refractivity contribution in [2.24, 2.45) is 0 Å². The molecule has 0 fully saturated rings. The maximum Gasteiger partial charge on any atom is 0.125 e. The van der Waals surface area contributed by atoms with Gasteiger partial charge in [-0.05, 0) is 19.1 Å². The molecule has 0 amide bonds. The first-order chi connectivity index (χ1) is 5.25. The SMILES string of the molecule is Cc1nc2cc(F)ccc2s1. The predicted octanol–water partition coefficient (Wildman–Crippen LogP) is 2.74. The van der Waals surface area contributed by atoms with Gasteiger partial charge in [0.2, 0.25) is 0 Å². The first-order valence-corrected chi connectivity index (χ1v) is 4.10. The standard InChI is InChI=1S/C8H6FNS/c1-5-10-7-4-6(9)2-3-8(7)11-5/h2-4H,1H3. The van der Waals surface area contributed by atoms with Crippen LogP contribution < -0.4 is 0 Å². The van der Waals surface area contributed by atoms with E-state index in [-0.39, 0.29) is 5.82 Å². The molecule has 11 heavy (non-hydrogen) atoms. The molecule has 1 aromatic heterocycles. The fraction of sp³-hybridized carbons (Fsp3) is 0.125. The highest BCUT2D eigenvalue weighted by Crippen LogP contribution is 2.21. The molecule has 0 spiro atoms. The maximum atomic E-state index is 12.6. The lowest BCUT2D eigenvalue weighted by Gasteiger charge is -1.85. The van der Waals surface area contributed by atoms with Gasteiger partial charge in [-0.1, -0.05) is 0 Å². The zero-order chi connectivity index (χ0) is 7.84. The number of aromatic nitrogens is 1. The van der Waals surface area contributed by atoms with Crippen LogP contribution in [0.3, 0.4) is 0 Å². The Labute approximate surface area is 67.5 Å². The van der Waals surface area contributed by atoms with Crippen LogP contribution in [0.1, 0.15) is 5.01 Å². The second-order valence-electron chi connectivity index (χ2n) is 2.34. The van der Waals surface area contributed by atoms with E-state index in [1.54, 1.807) is 17.4 Å². The Morgan fingerprint density at radius 1 is 1.45 bits per heavy atom. The minimum atomic E-state index is -0.220. The van der Waals surface area contributed by atoms with E-state index in [1.807, 2.05) is 6.92 Å². The summed E-state index contributed by atoms with van der Waals surface area (Å²) in [6, 6.07) is 4.67. The normalized spacial score (nSPS) is 10.7. The van der Waals surface area contributed by atoms with E-state index in [2.05, 4.69) is 4.98 Å². The van der Waals surface area contributed by atoms with E-state index in [1.165, 1.54) is 12.1 Å². The Bertz CT molecular complexity index is 394. The highest BCUT2D eigenvalue weighted by molar-refractivity contribution is 7.18. The molecule has 0 saturated carbocycles. The molecule has 0 bridgehead atoms. The first kappa shape index (κ1) is 6.73. The van der Waals surface area contributed by atoms with Gasteiger partial charge in [-0.2, -0.15) is 0 Å². The number of thiazole rings is 1. The molecule has 2 rings (SSSR count). The average molecular weight is 167 g/mol. The fourth-order valence-electron chi connectivity index (χ4n) is 1.02. The lowest BCUT2D eigenvalue weighted by atomic mass is 10.3. The minimum Gasteiger partial charge on any atom is -0.241 e. The van der Waals surface area contributed by atoms with Crippen molar-refractivity contribution in [2.75, 3.05) is 0 Å². The van der Waals surface area contributed by atoms with Gasteiger partial charge in [0.05, 0.1) is 15.2 Å². The van der Waals surface area contributed by atoms with Gasteiger partial charge in [0.1, 0.15) is 5.82 Å². The molecule has 0 radical (unpaired) electrons. The number of nitrogens with zero attached hydrogens (tertiary/aromatic N) is 1. The van der Waals surface area contributed by atoms with Crippen molar-refractivity contribution in [1.29, 1.82) is 0 Å². The van der Waals surface area contributed by atoms with E-state index in [4.69, 9.17) is 0 Å². The third kappa shape index (κ3) is 1.12. The minimum absolute atomic E-state index is 0.220. The molecule has 0 aliphatic carbocycles. The molecule has 2 aromatic rings. The molecular formula is C8H6FNS. The summed E-state index contributed by atoms with van der Waals surface area (Å²) in [5, 5.41) is 0.977. The number of hydrogen-bond donors (Lipinski definition) is 0. The zero-order valence-corrected chi connectivity index (χ0v) is 6.78. The largest absolute Gasteiger partial charge is 0.241 e. The van der Waals surface area contributed by atoms with Crippen molar-refractivity contribution < 1.29 is 4.39 Å². The van der Waals surface area contributed by atoms with Crippen LogP contribution in [0.4, 0.5) is 4.39 Å². The summed E-state index contributed by atoms with van der Waals surface area (Å²) in [4.78, 5) is 4.15. The maximum absolute atomic E-state index is 12.6. The summed E-state index contributed by atoms with van der Waals surface area (Å²) in [7, 11) is 0. The molecule has 1 nitrogen and oxygen atoms in total. The molecule has 1 heterocycles. The monoisotopic (exact) mass is 167 g/mol. The van der Waals surface area contributed by atoms with Gasteiger partial charge in [0.15, 0.2) is 0 Å². The number of rotatable bonds is 0. The van der Waals surface area contributed by atoms with Crippen LogP contribution in [0, 0.1) is 12.7 Å². The number of halogens is 1. The molecule has 0 atom stereocenters. The van der Waals surface area contributed by atoms with Crippen molar-refractivity contribution in [3.63, 3.8) is 0 Å². The van der Waals surface area contributed by atoms with Crippen LogP contribution >= 0.6 is 11.3 Å². The molecule has 56 valence electrons. The van der Waals surface area contributed by atoms with Crippen LogP contribution in [0.25, 0.3) is 10.2 Å². The smallest absolute Gasteiger partial charge is 0.125 e. The van der Waals surface area contributed by atoms with Gasteiger partial charge in [0.25, 0.3) is 0 Å². The highest BCUT2D eigenvalue weighted by atomic mass is 32.1. The predicted molar refractivity (Wildman–Crippen MR) is 44.3 cm³/mol. The van der Waals surface area contributed by atoms with Crippen molar-refractivity contribution in [1.82, 2.24) is 4.98 Å². The van der Waals surface area contributed by atoms with Crippen molar-refractivity contribution >= 4 is 21.6 Å². The highest BCUT2D eigenvalue weighted by Gasteiger charge is 1.99. The fourth-order valence-corrected chi connectivity index (χ4v) is 1.82. The Kier molecular flexibility index (Phi) is 1.39. The molecule has 0 aliphatic rings. The molecule has 0 N–H and O–H groups in total. The first-order valence-electron chi connectivity index (χ1n) is 3.28. The van der Waals surface area contributed by atoms with Crippen LogP contribution in [0.2, 0.25) is 0 Å². The number of benzene rings is 1. The Balaban J connectivity index is 2.82. The van der Waals surface area contributed by atoms with Crippen LogP contribution in [0.5, 0.6) is 0 Å². The average Bonchev–Trinajstić information content (AvgIpc) is 2.27. The Morgan fingerprint density at radius 2 is 2.27 bits per heavy atom. The molecule has 0 unspecified atom stereocenters. The third-order valence-electron chi connectivity index (χ3n) is 1.46. The molecule has 0 saturated heterocycles. The zero-order valence-electron chi connectivity index (χ0n) is 5.97. The van der Waals surface area contributed by atoms with Crippen LogP contribution in [-0.2, 0) is 0 Å². The summed E-state index contributed by atoms with van der Waals surface area (Å²) in [6.45, 7) is 1.92. The van der Waals surface area contributed by atoms with Crippen LogP contribution in [0.15, 0.2) is 18.2 Å². The lowest BCUT2D eigenvalue weighted by Crippen LogP contribution is -1.72. The van der Waals surface area contributed by atoms with Gasteiger partial charge in [-0.3, -0.25) is 0 Å². The molecule has 1 aromatic carbocycles.